The molecule has 1 aromatic rings. The molecule has 0 spiro atoms. The molecule has 1 aromatic carbocycles. The van der Waals surface area contributed by atoms with E-state index < -0.39 is 0 Å². The molecule has 0 bridgehead atoms. The molecule has 23 heavy (non-hydrogen) atoms. The molecular weight excluding hydrogens is 295 g/mol. The Morgan fingerprint density at radius 3 is 2.61 bits per heavy atom. The highest BCUT2D eigenvalue weighted by Gasteiger charge is 2.21. The van der Waals surface area contributed by atoms with E-state index in [-0.39, 0.29) is 11.8 Å². The molecule has 2 rings (SSSR count). The number of halogens is 1. The van der Waals surface area contributed by atoms with Crippen molar-refractivity contribution >= 4 is 6.03 Å². The van der Waals surface area contributed by atoms with E-state index in [1.54, 1.807) is 12.1 Å². The monoisotopic (exact) mass is 322 g/mol. The van der Waals surface area contributed by atoms with Gasteiger partial charge in [0.05, 0.1) is 6.61 Å². The van der Waals surface area contributed by atoms with Crippen LogP contribution in [0.25, 0.3) is 0 Å². The van der Waals surface area contributed by atoms with E-state index in [1.165, 1.54) is 31.4 Å². The second kappa shape index (κ2) is 9.38. The predicted octanol–water partition coefficient (Wildman–Crippen LogP) is 3.96. The minimum atomic E-state index is -0.262. The number of rotatable bonds is 7. The summed E-state index contributed by atoms with van der Waals surface area (Å²) >= 11 is 0. The van der Waals surface area contributed by atoms with Gasteiger partial charge in [-0.3, -0.25) is 0 Å². The highest BCUT2D eigenvalue weighted by atomic mass is 19.1. The lowest BCUT2D eigenvalue weighted by atomic mass is 9.95. The first kappa shape index (κ1) is 17.6. The van der Waals surface area contributed by atoms with E-state index in [4.69, 9.17) is 4.74 Å². The highest BCUT2D eigenvalue weighted by Crippen LogP contribution is 2.21. The van der Waals surface area contributed by atoms with Crippen LogP contribution in [0.1, 0.15) is 44.9 Å². The predicted molar refractivity (Wildman–Crippen MR) is 89.2 cm³/mol. The van der Waals surface area contributed by atoms with E-state index in [9.17, 15) is 9.18 Å². The molecule has 1 aliphatic carbocycles. The summed E-state index contributed by atoms with van der Waals surface area (Å²) in [6, 6.07) is 6.43. The van der Waals surface area contributed by atoms with Crippen LogP contribution in [-0.4, -0.2) is 37.2 Å². The van der Waals surface area contributed by atoms with Gasteiger partial charge in [0.15, 0.2) is 0 Å². The van der Waals surface area contributed by atoms with Crippen molar-refractivity contribution in [2.75, 3.05) is 20.2 Å². The lowest BCUT2D eigenvalue weighted by Gasteiger charge is -2.31. The Morgan fingerprint density at radius 1 is 1.22 bits per heavy atom. The standard InChI is InChI=1S/C18H27FN2O2/c1-21(16-7-3-2-4-8-16)18(22)20-13-5-6-14-23-17-11-9-15(19)10-12-17/h9-12,16H,2-8,13-14H2,1H3,(H,20,22). The molecule has 4 nitrogen and oxygen atoms in total. The van der Waals surface area contributed by atoms with Gasteiger partial charge < -0.3 is 15.0 Å². The van der Waals surface area contributed by atoms with Crippen LogP contribution in [0, 0.1) is 5.82 Å². The molecule has 0 aromatic heterocycles. The zero-order chi connectivity index (χ0) is 16.5. The summed E-state index contributed by atoms with van der Waals surface area (Å²) in [5.74, 6) is 0.412. The molecule has 1 aliphatic rings. The van der Waals surface area contributed by atoms with Gasteiger partial charge in [0.25, 0.3) is 0 Å². The third-order valence-electron chi connectivity index (χ3n) is 4.37. The Bertz CT molecular complexity index is 472. The van der Waals surface area contributed by atoms with Gasteiger partial charge in [-0.25, -0.2) is 9.18 Å². The Kier molecular flexibility index (Phi) is 7.17. The molecule has 0 heterocycles. The summed E-state index contributed by atoms with van der Waals surface area (Å²) in [6.07, 6.45) is 7.70. The molecular formula is C18H27FN2O2. The zero-order valence-corrected chi connectivity index (χ0v) is 13.9. The van der Waals surface area contributed by atoms with E-state index in [0.717, 1.165) is 25.7 Å². The van der Waals surface area contributed by atoms with Crippen LogP contribution >= 0.6 is 0 Å². The maximum atomic E-state index is 12.8. The van der Waals surface area contributed by atoms with Crippen LogP contribution in [0.2, 0.25) is 0 Å². The first-order chi connectivity index (χ1) is 11.2. The fourth-order valence-electron chi connectivity index (χ4n) is 2.90. The number of benzene rings is 1. The van der Waals surface area contributed by atoms with Crippen molar-refractivity contribution < 1.29 is 13.9 Å². The number of ether oxygens (including phenoxy) is 1. The summed E-state index contributed by atoms with van der Waals surface area (Å²) in [5, 5.41) is 2.97. The summed E-state index contributed by atoms with van der Waals surface area (Å²) in [6.45, 7) is 1.22. The van der Waals surface area contributed by atoms with E-state index in [2.05, 4.69) is 5.32 Å². The van der Waals surface area contributed by atoms with Crippen LogP contribution in [0.5, 0.6) is 5.75 Å². The minimum absolute atomic E-state index is 0.0244. The number of urea groups is 1. The fraction of sp³-hybridized carbons (Fsp3) is 0.611. The number of amides is 2. The van der Waals surface area contributed by atoms with Gasteiger partial charge in [-0.2, -0.15) is 0 Å². The van der Waals surface area contributed by atoms with Gasteiger partial charge in [0.2, 0.25) is 0 Å². The number of nitrogens with one attached hydrogen (secondary N) is 1. The van der Waals surface area contributed by atoms with Crippen molar-refractivity contribution in [3.63, 3.8) is 0 Å². The zero-order valence-electron chi connectivity index (χ0n) is 13.9. The molecule has 0 aliphatic heterocycles. The number of carbonyl (C=O) groups is 1. The van der Waals surface area contributed by atoms with Crippen LogP contribution in [0.3, 0.4) is 0 Å². The quantitative estimate of drug-likeness (QED) is 0.772. The third kappa shape index (κ3) is 6.08. The van der Waals surface area contributed by atoms with Crippen LogP contribution < -0.4 is 10.1 Å². The average Bonchev–Trinajstić information content (AvgIpc) is 2.59. The van der Waals surface area contributed by atoms with Gasteiger partial charge in [0.1, 0.15) is 11.6 Å². The van der Waals surface area contributed by atoms with Crippen molar-refractivity contribution in [2.24, 2.45) is 0 Å². The van der Waals surface area contributed by atoms with Crippen LogP contribution in [-0.2, 0) is 0 Å². The number of unbranched alkanes of at least 4 members (excludes halogenated alkanes) is 1. The van der Waals surface area contributed by atoms with E-state index >= 15 is 0 Å². The summed E-state index contributed by atoms with van der Waals surface area (Å²) in [5.41, 5.74) is 0. The highest BCUT2D eigenvalue weighted by molar-refractivity contribution is 5.74. The van der Waals surface area contributed by atoms with Gasteiger partial charge in [-0.15, -0.1) is 0 Å². The van der Waals surface area contributed by atoms with Crippen LogP contribution in [0.4, 0.5) is 9.18 Å². The Hall–Kier alpha value is -1.78. The van der Waals surface area contributed by atoms with Crippen molar-refractivity contribution in [3.8, 4) is 5.75 Å². The van der Waals surface area contributed by atoms with Crippen molar-refractivity contribution in [3.05, 3.63) is 30.1 Å². The maximum absolute atomic E-state index is 12.8. The van der Waals surface area contributed by atoms with Gasteiger partial charge in [-0.05, 0) is 49.9 Å². The molecule has 1 N–H and O–H groups in total. The number of hydrogen-bond acceptors (Lipinski definition) is 2. The minimum Gasteiger partial charge on any atom is -0.494 e. The lowest BCUT2D eigenvalue weighted by molar-refractivity contribution is 0.173. The van der Waals surface area contributed by atoms with Gasteiger partial charge >= 0.3 is 6.03 Å². The van der Waals surface area contributed by atoms with Crippen molar-refractivity contribution in [2.45, 2.75) is 51.0 Å². The van der Waals surface area contributed by atoms with E-state index in [0.29, 0.717) is 24.9 Å². The first-order valence-electron chi connectivity index (χ1n) is 8.56. The molecule has 5 heteroatoms. The number of nitrogens with zero attached hydrogens (tertiary/aromatic N) is 1. The van der Waals surface area contributed by atoms with Gasteiger partial charge in [-0.1, -0.05) is 19.3 Å². The fourth-order valence-corrected chi connectivity index (χ4v) is 2.90. The Morgan fingerprint density at radius 2 is 1.91 bits per heavy atom. The third-order valence-corrected chi connectivity index (χ3v) is 4.37. The second-order valence-electron chi connectivity index (χ2n) is 6.14. The molecule has 0 atom stereocenters. The molecule has 1 fully saturated rings. The topological polar surface area (TPSA) is 41.6 Å². The molecule has 0 radical (unpaired) electrons. The number of hydrogen-bond donors (Lipinski definition) is 1. The average molecular weight is 322 g/mol. The molecule has 1 saturated carbocycles. The Labute approximate surface area is 138 Å². The molecule has 0 unspecified atom stereocenters. The summed E-state index contributed by atoms with van der Waals surface area (Å²) in [4.78, 5) is 13.9. The summed E-state index contributed by atoms with van der Waals surface area (Å²) in [7, 11) is 1.89. The largest absolute Gasteiger partial charge is 0.494 e. The molecule has 2 amide bonds. The van der Waals surface area contributed by atoms with Gasteiger partial charge in [0, 0.05) is 19.6 Å². The number of carbonyl (C=O) groups excluding carboxylic acids is 1. The smallest absolute Gasteiger partial charge is 0.317 e. The van der Waals surface area contributed by atoms with Crippen molar-refractivity contribution in [1.82, 2.24) is 10.2 Å². The van der Waals surface area contributed by atoms with Crippen LogP contribution in [0.15, 0.2) is 24.3 Å². The molecule has 0 saturated heterocycles. The van der Waals surface area contributed by atoms with E-state index in [1.807, 2.05) is 11.9 Å². The first-order valence-corrected chi connectivity index (χ1v) is 8.56. The second-order valence-corrected chi connectivity index (χ2v) is 6.14. The SMILES string of the molecule is CN(C(=O)NCCCCOc1ccc(F)cc1)C1CCCCC1. The van der Waals surface area contributed by atoms with Crippen molar-refractivity contribution in [1.29, 1.82) is 0 Å². The normalized spacial score (nSPS) is 15.2. The Balaban J connectivity index is 1.54. The maximum Gasteiger partial charge on any atom is 0.317 e. The summed E-state index contributed by atoms with van der Waals surface area (Å²) < 4.78 is 18.3. The lowest BCUT2D eigenvalue weighted by Crippen LogP contribution is -2.44. The molecule has 128 valence electrons.